The molecule has 1 heterocycles. The lowest BCUT2D eigenvalue weighted by Gasteiger charge is -2.20. The molecule has 2 atom stereocenters. The molecule has 0 aliphatic carbocycles. The van der Waals surface area contributed by atoms with Gasteiger partial charge in [0.15, 0.2) is 0 Å². The second kappa shape index (κ2) is 5.92. The Kier molecular flexibility index (Phi) is 4.47. The summed E-state index contributed by atoms with van der Waals surface area (Å²) in [4.78, 5) is 13.3. The first kappa shape index (κ1) is 14.3. The molecule has 1 amide bonds. The number of rotatable bonds is 4. The maximum absolute atomic E-state index is 11.7. The number of nitrogens with one attached hydrogen (secondary N) is 1. The first-order chi connectivity index (χ1) is 8.97. The van der Waals surface area contributed by atoms with Crippen molar-refractivity contribution in [3.05, 3.63) is 28.2 Å². The van der Waals surface area contributed by atoms with E-state index in [2.05, 4.69) is 27.3 Å². The van der Waals surface area contributed by atoms with Crippen molar-refractivity contribution in [1.82, 2.24) is 10.2 Å². The molecule has 2 unspecified atom stereocenters. The summed E-state index contributed by atoms with van der Waals surface area (Å²) in [7, 11) is 3.53. The zero-order valence-corrected chi connectivity index (χ0v) is 13.0. The third-order valence-corrected chi connectivity index (χ3v) is 3.72. The topological polar surface area (TPSA) is 41.6 Å². The smallest absolute Gasteiger partial charge is 0.238 e. The highest BCUT2D eigenvalue weighted by Crippen LogP contribution is 2.30. The van der Waals surface area contributed by atoms with Crippen LogP contribution in [0, 0.1) is 0 Å². The Morgan fingerprint density at radius 2 is 2.32 bits per heavy atom. The second-order valence-electron chi connectivity index (χ2n) is 5.06. The minimum absolute atomic E-state index is 0.0817. The quantitative estimate of drug-likeness (QED) is 0.917. The van der Waals surface area contributed by atoms with Gasteiger partial charge in [0, 0.05) is 31.5 Å². The van der Waals surface area contributed by atoms with Crippen molar-refractivity contribution in [3.63, 3.8) is 0 Å². The number of carbonyl (C=O) groups is 1. The number of likely N-dealkylation sites (N-methyl/N-ethyl adjacent to an activating group) is 1. The molecule has 1 aromatic carbocycles. The molecule has 0 fully saturated rings. The Bertz CT molecular complexity index is 477. The monoisotopic (exact) mass is 326 g/mol. The number of carbonyl (C=O) groups excluding carboxylic acids is 1. The molecule has 1 N–H and O–H groups in total. The number of amides is 1. The lowest BCUT2D eigenvalue weighted by atomic mass is 10.1. The first-order valence-electron chi connectivity index (χ1n) is 6.37. The Labute approximate surface area is 122 Å². The summed E-state index contributed by atoms with van der Waals surface area (Å²) in [6.07, 6.45) is 0.978. The van der Waals surface area contributed by atoms with Crippen molar-refractivity contribution in [3.8, 4) is 5.75 Å². The van der Waals surface area contributed by atoms with Crippen LogP contribution in [-0.2, 0) is 11.2 Å². The van der Waals surface area contributed by atoms with Crippen molar-refractivity contribution in [2.75, 3.05) is 20.6 Å². The fourth-order valence-corrected chi connectivity index (χ4v) is 2.59. The Morgan fingerprint density at radius 3 is 3.00 bits per heavy atom. The molecular weight excluding hydrogens is 308 g/mol. The Hall–Kier alpha value is -1.07. The van der Waals surface area contributed by atoms with Crippen LogP contribution in [0.25, 0.3) is 0 Å². The van der Waals surface area contributed by atoms with Gasteiger partial charge >= 0.3 is 0 Å². The van der Waals surface area contributed by atoms with Gasteiger partial charge in [-0.3, -0.25) is 4.79 Å². The molecule has 0 spiro atoms. The van der Waals surface area contributed by atoms with Crippen LogP contribution in [0.5, 0.6) is 5.75 Å². The van der Waals surface area contributed by atoms with E-state index in [1.807, 2.05) is 19.1 Å². The Morgan fingerprint density at radius 1 is 1.58 bits per heavy atom. The highest BCUT2D eigenvalue weighted by atomic mass is 79.9. The maximum Gasteiger partial charge on any atom is 0.238 e. The molecule has 5 heteroatoms. The summed E-state index contributed by atoms with van der Waals surface area (Å²) in [5.74, 6) is 1.03. The molecule has 1 aliphatic rings. The molecule has 19 heavy (non-hydrogen) atoms. The first-order valence-corrected chi connectivity index (χ1v) is 7.16. The molecule has 0 radical (unpaired) electrons. The molecule has 4 nitrogen and oxygen atoms in total. The minimum Gasteiger partial charge on any atom is -0.488 e. The molecule has 2 rings (SSSR count). The third-order valence-electron chi connectivity index (χ3n) is 3.23. The summed E-state index contributed by atoms with van der Waals surface area (Å²) < 4.78 is 6.91. The molecule has 1 aliphatic heterocycles. The fraction of sp³-hybridized carbons (Fsp3) is 0.500. The van der Waals surface area contributed by atoms with Gasteiger partial charge in [0.05, 0.1) is 6.04 Å². The summed E-state index contributed by atoms with van der Waals surface area (Å²) in [5, 5.41) is 3.23. The van der Waals surface area contributed by atoms with Gasteiger partial charge in [-0.25, -0.2) is 0 Å². The van der Waals surface area contributed by atoms with E-state index in [0.717, 1.165) is 16.6 Å². The number of halogens is 1. The average molecular weight is 327 g/mol. The van der Waals surface area contributed by atoms with Gasteiger partial charge in [-0.05, 0) is 30.7 Å². The summed E-state index contributed by atoms with van der Waals surface area (Å²) in [6.45, 7) is 2.55. The molecular formula is C14H19BrN2O2. The van der Waals surface area contributed by atoms with Crippen LogP contribution >= 0.6 is 15.9 Å². The highest BCUT2D eigenvalue weighted by molar-refractivity contribution is 9.10. The van der Waals surface area contributed by atoms with Crippen molar-refractivity contribution >= 4 is 21.8 Å². The van der Waals surface area contributed by atoms with Crippen LogP contribution in [0.2, 0.25) is 0 Å². The predicted octanol–water partition coefficient (Wildman–Crippen LogP) is 1.82. The molecule has 0 saturated heterocycles. The van der Waals surface area contributed by atoms with Crippen LogP contribution in [0.1, 0.15) is 12.5 Å². The van der Waals surface area contributed by atoms with Crippen molar-refractivity contribution in [2.45, 2.75) is 25.5 Å². The molecule has 0 aromatic heterocycles. The molecule has 104 valence electrons. The lowest BCUT2D eigenvalue weighted by Crippen LogP contribution is -2.45. The van der Waals surface area contributed by atoms with Gasteiger partial charge in [-0.2, -0.15) is 0 Å². The maximum atomic E-state index is 11.7. The van der Waals surface area contributed by atoms with Gasteiger partial charge in [-0.1, -0.05) is 15.9 Å². The largest absolute Gasteiger partial charge is 0.488 e. The van der Waals surface area contributed by atoms with Crippen molar-refractivity contribution < 1.29 is 9.53 Å². The number of ether oxygens (including phenoxy) is 1. The predicted molar refractivity (Wildman–Crippen MR) is 78.4 cm³/mol. The third kappa shape index (κ3) is 3.48. The molecule has 1 aromatic rings. The van der Waals surface area contributed by atoms with Crippen LogP contribution < -0.4 is 10.1 Å². The van der Waals surface area contributed by atoms with Gasteiger partial charge in [0.1, 0.15) is 11.9 Å². The number of hydrogen-bond donors (Lipinski definition) is 1. The van der Waals surface area contributed by atoms with E-state index in [4.69, 9.17) is 4.74 Å². The number of benzene rings is 1. The number of hydrogen-bond acceptors (Lipinski definition) is 3. The average Bonchev–Trinajstić information content (AvgIpc) is 2.76. The van der Waals surface area contributed by atoms with E-state index in [-0.39, 0.29) is 18.1 Å². The SMILES string of the molecule is CC(NCC1Cc2cc(Br)ccc2O1)C(=O)N(C)C. The number of nitrogens with zero attached hydrogens (tertiary/aromatic N) is 1. The van der Waals surface area contributed by atoms with E-state index in [9.17, 15) is 4.79 Å². The standard InChI is InChI=1S/C14H19BrN2O2/c1-9(14(18)17(2)3)16-8-12-7-10-6-11(15)4-5-13(10)19-12/h4-6,9,12,16H,7-8H2,1-3H3. The Balaban J connectivity index is 1.86. The molecule has 0 bridgehead atoms. The van der Waals surface area contributed by atoms with Gasteiger partial charge in [0.25, 0.3) is 0 Å². The fourth-order valence-electron chi connectivity index (χ4n) is 2.19. The van der Waals surface area contributed by atoms with Gasteiger partial charge < -0.3 is 15.0 Å². The van der Waals surface area contributed by atoms with E-state index in [0.29, 0.717) is 6.54 Å². The van der Waals surface area contributed by atoms with E-state index in [1.165, 1.54) is 5.56 Å². The zero-order chi connectivity index (χ0) is 14.0. The summed E-state index contributed by atoms with van der Waals surface area (Å²) in [6, 6.07) is 5.86. The number of fused-ring (bicyclic) bond motifs is 1. The van der Waals surface area contributed by atoms with Gasteiger partial charge in [0.2, 0.25) is 5.91 Å². The van der Waals surface area contributed by atoms with Crippen molar-refractivity contribution in [2.24, 2.45) is 0 Å². The van der Waals surface area contributed by atoms with E-state index >= 15 is 0 Å². The second-order valence-corrected chi connectivity index (χ2v) is 5.97. The van der Waals surface area contributed by atoms with Crippen LogP contribution in [0.15, 0.2) is 22.7 Å². The summed E-state index contributed by atoms with van der Waals surface area (Å²) >= 11 is 3.46. The minimum atomic E-state index is -0.186. The van der Waals surface area contributed by atoms with Crippen LogP contribution in [0.3, 0.4) is 0 Å². The lowest BCUT2D eigenvalue weighted by molar-refractivity contribution is -0.130. The molecule has 0 saturated carbocycles. The zero-order valence-electron chi connectivity index (χ0n) is 11.4. The summed E-state index contributed by atoms with van der Waals surface area (Å²) in [5.41, 5.74) is 1.22. The van der Waals surface area contributed by atoms with Gasteiger partial charge in [-0.15, -0.1) is 0 Å². The normalized spacial score (nSPS) is 18.6. The highest BCUT2D eigenvalue weighted by Gasteiger charge is 2.24. The van der Waals surface area contributed by atoms with Crippen LogP contribution in [-0.4, -0.2) is 43.6 Å². The van der Waals surface area contributed by atoms with E-state index < -0.39 is 0 Å². The van der Waals surface area contributed by atoms with Crippen LogP contribution in [0.4, 0.5) is 0 Å². The van der Waals surface area contributed by atoms with E-state index in [1.54, 1.807) is 19.0 Å². The van der Waals surface area contributed by atoms with Crippen molar-refractivity contribution in [1.29, 1.82) is 0 Å².